The Bertz CT molecular complexity index is 452. The zero-order chi connectivity index (χ0) is 13.0. The zero-order valence-electron chi connectivity index (χ0n) is 8.88. The second kappa shape index (κ2) is 5.20. The van der Waals surface area contributed by atoms with Gasteiger partial charge in [0, 0.05) is 18.9 Å². The minimum atomic E-state index is -1.00. The minimum Gasteiger partial charge on any atom is -0.507 e. The minimum absolute atomic E-state index is 0.0515. The van der Waals surface area contributed by atoms with Gasteiger partial charge in [-0.15, -0.1) is 0 Å². The summed E-state index contributed by atoms with van der Waals surface area (Å²) in [5.74, 6) is -2.97. The number of aromatic hydroxyl groups is 3. The quantitative estimate of drug-likeness (QED) is 0.349. The van der Waals surface area contributed by atoms with Gasteiger partial charge in [0.2, 0.25) is 0 Å². The lowest BCUT2D eigenvalue weighted by Gasteiger charge is -2.05. The number of aliphatic carboxylic acids is 1. The molecule has 0 aliphatic heterocycles. The van der Waals surface area contributed by atoms with Crippen molar-refractivity contribution in [2.45, 2.75) is 19.3 Å². The molecule has 6 heteroatoms. The number of hydrogen-bond acceptors (Lipinski definition) is 5. The summed E-state index contributed by atoms with van der Waals surface area (Å²) in [4.78, 5) is 21.8. The Kier molecular flexibility index (Phi) is 3.92. The van der Waals surface area contributed by atoms with Gasteiger partial charge in [-0.1, -0.05) is 0 Å². The fourth-order valence-corrected chi connectivity index (χ4v) is 1.32. The molecule has 0 saturated carbocycles. The third-order valence-corrected chi connectivity index (χ3v) is 2.19. The Morgan fingerprint density at radius 2 is 1.53 bits per heavy atom. The molecule has 0 unspecified atom stereocenters. The molecule has 0 fully saturated rings. The number of phenols is 3. The van der Waals surface area contributed by atoms with Crippen LogP contribution >= 0.6 is 0 Å². The molecule has 0 heterocycles. The molecule has 6 nitrogen and oxygen atoms in total. The van der Waals surface area contributed by atoms with E-state index in [1.54, 1.807) is 0 Å². The van der Waals surface area contributed by atoms with Crippen LogP contribution in [0, 0.1) is 0 Å². The smallest absolute Gasteiger partial charge is 0.303 e. The first-order valence-corrected chi connectivity index (χ1v) is 4.91. The Balaban J connectivity index is 2.75. The second-order valence-electron chi connectivity index (χ2n) is 3.53. The average Bonchev–Trinajstić information content (AvgIpc) is 2.22. The molecule has 0 saturated heterocycles. The van der Waals surface area contributed by atoms with Gasteiger partial charge in [-0.2, -0.15) is 0 Å². The van der Waals surface area contributed by atoms with Gasteiger partial charge in [0.05, 0.1) is 5.56 Å². The maximum atomic E-state index is 11.6. The van der Waals surface area contributed by atoms with E-state index in [0.29, 0.717) is 0 Å². The number of rotatable bonds is 5. The molecule has 0 spiro atoms. The maximum Gasteiger partial charge on any atom is 0.303 e. The molecule has 1 aromatic carbocycles. The van der Waals surface area contributed by atoms with Crippen LogP contribution < -0.4 is 0 Å². The van der Waals surface area contributed by atoms with E-state index < -0.39 is 29.0 Å². The van der Waals surface area contributed by atoms with Crippen molar-refractivity contribution in [3.8, 4) is 17.2 Å². The highest BCUT2D eigenvalue weighted by atomic mass is 16.4. The molecule has 1 rings (SSSR count). The van der Waals surface area contributed by atoms with Crippen LogP contribution in [0.3, 0.4) is 0 Å². The largest absolute Gasteiger partial charge is 0.507 e. The van der Waals surface area contributed by atoms with E-state index in [-0.39, 0.29) is 24.8 Å². The summed E-state index contributed by atoms with van der Waals surface area (Å²) in [6.07, 6.45) is -0.0457. The monoisotopic (exact) mass is 240 g/mol. The number of benzene rings is 1. The molecule has 0 bridgehead atoms. The Morgan fingerprint density at radius 1 is 0.941 bits per heavy atom. The fourth-order valence-electron chi connectivity index (χ4n) is 1.32. The van der Waals surface area contributed by atoms with Gasteiger partial charge in [-0.3, -0.25) is 9.59 Å². The number of carbonyl (C=O) groups excluding carboxylic acids is 1. The summed E-state index contributed by atoms with van der Waals surface area (Å²) in [5, 5.41) is 36.0. The molecule has 0 aliphatic rings. The van der Waals surface area contributed by atoms with Gasteiger partial charge in [0.15, 0.2) is 17.3 Å². The molecule has 17 heavy (non-hydrogen) atoms. The molecular weight excluding hydrogens is 228 g/mol. The number of phenolic OH excluding ortho intramolecular Hbond substituents is 3. The number of hydrogen-bond donors (Lipinski definition) is 4. The Morgan fingerprint density at radius 3 is 2.12 bits per heavy atom. The SMILES string of the molecule is O=C(O)CCCC(=O)c1cc(O)c(O)cc1O. The number of carbonyl (C=O) groups is 2. The lowest BCUT2D eigenvalue weighted by Crippen LogP contribution is -2.02. The van der Waals surface area contributed by atoms with Crippen LogP contribution in [-0.2, 0) is 4.79 Å². The predicted molar refractivity (Wildman–Crippen MR) is 57.3 cm³/mol. The van der Waals surface area contributed by atoms with E-state index in [2.05, 4.69) is 0 Å². The summed E-state index contributed by atoms with van der Waals surface area (Å²) in [6, 6.07) is 1.81. The Labute approximate surface area is 96.8 Å². The zero-order valence-corrected chi connectivity index (χ0v) is 8.88. The molecule has 1 aromatic rings. The van der Waals surface area contributed by atoms with Crippen molar-refractivity contribution in [1.29, 1.82) is 0 Å². The first-order valence-electron chi connectivity index (χ1n) is 4.91. The van der Waals surface area contributed by atoms with Gasteiger partial charge in [0.1, 0.15) is 5.75 Å². The van der Waals surface area contributed by atoms with Gasteiger partial charge >= 0.3 is 5.97 Å². The van der Waals surface area contributed by atoms with Crippen molar-refractivity contribution in [3.63, 3.8) is 0 Å². The highest BCUT2D eigenvalue weighted by molar-refractivity contribution is 5.99. The molecule has 0 aromatic heterocycles. The average molecular weight is 240 g/mol. The van der Waals surface area contributed by atoms with Crippen LogP contribution in [0.5, 0.6) is 17.2 Å². The number of carboxylic acid groups (broad SMARTS) is 1. The molecule has 0 atom stereocenters. The van der Waals surface area contributed by atoms with Crippen molar-refractivity contribution >= 4 is 11.8 Å². The molecule has 0 radical (unpaired) electrons. The summed E-state index contributed by atoms with van der Waals surface area (Å²) in [7, 11) is 0. The molecular formula is C11H12O6. The maximum absolute atomic E-state index is 11.6. The van der Waals surface area contributed by atoms with E-state index in [1.165, 1.54) is 0 Å². The topological polar surface area (TPSA) is 115 Å². The van der Waals surface area contributed by atoms with Crippen molar-refractivity contribution in [3.05, 3.63) is 17.7 Å². The van der Waals surface area contributed by atoms with E-state index in [1.807, 2.05) is 0 Å². The van der Waals surface area contributed by atoms with Gasteiger partial charge < -0.3 is 20.4 Å². The first kappa shape index (κ1) is 12.8. The van der Waals surface area contributed by atoms with Crippen molar-refractivity contribution < 1.29 is 30.0 Å². The van der Waals surface area contributed by atoms with Gasteiger partial charge in [0.25, 0.3) is 0 Å². The molecule has 4 N–H and O–H groups in total. The Hall–Kier alpha value is -2.24. The van der Waals surface area contributed by atoms with E-state index >= 15 is 0 Å². The van der Waals surface area contributed by atoms with Gasteiger partial charge in [-0.25, -0.2) is 0 Å². The van der Waals surface area contributed by atoms with Crippen LogP contribution in [0.1, 0.15) is 29.6 Å². The fraction of sp³-hybridized carbons (Fsp3) is 0.273. The van der Waals surface area contributed by atoms with Crippen LogP contribution in [0.15, 0.2) is 12.1 Å². The summed E-state index contributed by atoms with van der Waals surface area (Å²) in [5.41, 5.74) is -0.134. The summed E-state index contributed by atoms with van der Waals surface area (Å²) < 4.78 is 0. The second-order valence-corrected chi connectivity index (χ2v) is 3.53. The molecule has 92 valence electrons. The van der Waals surface area contributed by atoms with Crippen molar-refractivity contribution in [2.75, 3.05) is 0 Å². The third kappa shape index (κ3) is 3.37. The molecule has 0 aliphatic carbocycles. The normalized spacial score (nSPS) is 10.1. The third-order valence-electron chi connectivity index (χ3n) is 2.19. The lowest BCUT2D eigenvalue weighted by atomic mass is 10.0. The van der Waals surface area contributed by atoms with Crippen LogP contribution in [0.4, 0.5) is 0 Å². The highest BCUT2D eigenvalue weighted by Crippen LogP contribution is 2.32. The van der Waals surface area contributed by atoms with Crippen molar-refractivity contribution in [1.82, 2.24) is 0 Å². The lowest BCUT2D eigenvalue weighted by molar-refractivity contribution is -0.137. The van der Waals surface area contributed by atoms with E-state index in [4.69, 9.17) is 10.2 Å². The standard InChI is InChI=1S/C11H12O6/c12-7(2-1-3-11(16)17)6-4-9(14)10(15)5-8(6)13/h4-5,13-15H,1-3H2,(H,16,17). The highest BCUT2D eigenvalue weighted by Gasteiger charge is 2.15. The summed E-state index contributed by atoms with van der Waals surface area (Å²) in [6.45, 7) is 0. The van der Waals surface area contributed by atoms with Crippen LogP contribution in [0.25, 0.3) is 0 Å². The van der Waals surface area contributed by atoms with Crippen LogP contribution in [-0.4, -0.2) is 32.2 Å². The predicted octanol–water partition coefficient (Wildman–Crippen LogP) is 1.24. The van der Waals surface area contributed by atoms with E-state index in [0.717, 1.165) is 12.1 Å². The first-order chi connectivity index (χ1) is 7.91. The molecule has 0 amide bonds. The summed E-state index contributed by atoms with van der Waals surface area (Å²) >= 11 is 0. The number of carboxylic acids is 1. The van der Waals surface area contributed by atoms with E-state index in [9.17, 15) is 19.8 Å². The van der Waals surface area contributed by atoms with Gasteiger partial charge in [-0.05, 0) is 12.5 Å². The van der Waals surface area contributed by atoms with Crippen molar-refractivity contribution in [2.24, 2.45) is 0 Å². The number of ketones is 1. The number of Topliss-reactive ketones (excluding diaryl/α,β-unsaturated/α-hetero) is 1. The van der Waals surface area contributed by atoms with Crippen LogP contribution in [0.2, 0.25) is 0 Å².